The summed E-state index contributed by atoms with van der Waals surface area (Å²) < 4.78 is 0. The van der Waals surface area contributed by atoms with E-state index in [-0.39, 0.29) is 5.41 Å². The Kier molecular flexibility index (Phi) is 7.45. The van der Waals surface area contributed by atoms with Gasteiger partial charge in [0.1, 0.15) is 0 Å². The van der Waals surface area contributed by atoms with E-state index in [1.54, 1.807) is 0 Å². The lowest BCUT2D eigenvalue weighted by molar-refractivity contribution is 0.662. The molecule has 0 N–H and O–H groups in total. The van der Waals surface area contributed by atoms with Gasteiger partial charge in [0.2, 0.25) is 0 Å². The van der Waals surface area contributed by atoms with Crippen molar-refractivity contribution in [3.05, 3.63) is 257 Å². The Balaban J connectivity index is 0.978. The third-order valence-electron chi connectivity index (χ3n) is 15.2. The Morgan fingerprint density at radius 1 is 0.354 bits per heavy atom. The Labute approximate surface area is 379 Å². The van der Waals surface area contributed by atoms with Crippen molar-refractivity contribution in [2.75, 3.05) is 4.90 Å². The summed E-state index contributed by atoms with van der Waals surface area (Å²) >= 11 is 0. The van der Waals surface area contributed by atoms with Crippen LogP contribution in [0.1, 0.15) is 58.4 Å². The SMILES string of the molecule is CC1(C)c2cccc3ccc4cc(/C=C/c5c6ccccc6c(N(c6ccccc6)c6ccc7c(c6)-c6ccccc6C76c7ccccc7-c7ccccc76)c6ccccc56)cc1c4c23. The standard InChI is InChI=1S/C64H43N/c1-63(2)58-30-16-17-41-32-33-42-37-40(38-59(63)61(42)60(41)58)31-35-47-45-20-6-8-25-51(45)62(52-26-9-7-21-46(47)52)65(43-18-4-3-5-19-43)44-34-36-57-53(39-44)50-24-12-15-29-56(50)64(57)54-27-13-10-22-48(54)49-23-11-14-28-55(49)64/h3-39H,1-2H3/b35-31+. The van der Waals surface area contributed by atoms with Crippen molar-refractivity contribution in [3.8, 4) is 22.3 Å². The Bertz CT molecular complexity index is 3760. The number of anilines is 3. The maximum absolute atomic E-state index is 2.51. The molecule has 14 rings (SSSR count). The van der Waals surface area contributed by atoms with Crippen LogP contribution in [0, 0.1) is 0 Å². The van der Waals surface area contributed by atoms with Gasteiger partial charge >= 0.3 is 0 Å². The Hall–Kier alpha value is -8.00. The molecule has 0 aromatic heterocycles. The molecule has 0 radical (unpaired) electrons. The lowest BCUT2D eigenvalue weighted by atomic mass is 9.70. The molecule has 3 aliphatic rings. The monoisotopic (exact) mass is 825 g/mol. The van der Waals surface area contributed by atoms with Crippen molar-refractivity contribution < 1.29 is 0 Å². The molecular formula is C64H43N. The lowest BCUT2D eigenvalue weighted by Gasteiger charge is -2.32. The van der Waals surface area contributed by atoms with Crippen molar-refractivity contribution in [2.45, 2.75) is 24.7 Å². The predicted octanol–water partition coefficient (Wildman–Crippen LogP) is 16.9. The highest BCUT2D eigenvalue weighted by Crippen LogP contribution is 2.63. The quantitative estimate of drug-likeness (QED) is 0.0949. The van der Waals surface area contributed by atoms with Crippen LogP contribution in [0.5, 0.6) is 0 Å². The maximum atomic E-state index is 2.51. The number of hydrogen-bond donors (Lipinski definition) is 0. The van der Waals surface area contributed by atoms with Crippen LogP contribution in [-0.2, 0) is 10.8 Å². The summed E-state index contributed by atoms with van der Waals surface area (Å²) in [6.45, 7) is 4.76. The highest BCUT2D eigenvalue weighted by Gasteiger charge is 2.51. The molecule has 11 aromatic rings. The normalized spacial score (nSPS) is 14.5. The summed E-state index contributed by atoms with van der Waals surface area (Å²) in [7, 11) is 0. The van der Waals surface area contributed by atoms with Gasteiger partial charge in [-0.1, -0.05) is 208 Å². The first-order valence-corrected chi connectivity index (χ1v) is 22.9. The van der Waals surface area contributed by atoms with Gasteiger partial charge in [0, 0.05) is 27.6 Å². The summed E-state index contributed by atoms with van der Waals surface area (Å²) in [4.78, 5) is 2.51. The molecule has 0 amide bonds. The largest absolute Gasteiger partial charge is 0.309 e. The molecule has 1 heteroatoms. The zero-order valence-electron chi connectivity index (χ0n) is 36.3. The van der Waals surface area contributed by atoms with Crippen molar-refractivity contribution in [2.24, 2.45) is 0 Å². The topological polar surface area (TPSA) is 3.24 Å². The fourth-order valence-electron chi connectivity index (χ4n) is 12.5. The van der Waals surface area contributed by atoms with Gasteiger partial charge in [-0.2, -0.15) is 0 Å². The molecule has 0 aliphatic heterocycles. The van der Waals surface area contributed by atoms with E-state index in [1.807, 2.05) is 0 Å². The van der Waals surface area contributed by atoms with Gasteiger partial charge in [0.05, 0.1) is 11.1 Å². The maximum Gasteiger partial charge on any atom is 0.0725 e. The number of nitrogens with zero attached hydrogens (tertiary/aromatic N) is 1. The predicted molar refractivity (Wildman–Crippen MR) is 275 cm³/mol. The summed E-state index contributed by atoms with van der Waals surface area (Å²) in [5.74, 6) is 0. The number of benzene rings is 11. The Morgan fingerprint density at radius 3 is 1.54 bits per heavy atom. The van der Waals surface area contributed by atoms with Crippen LogP contribution in [0.2, 0.25) is 0 Å². The summed E-state index contributed by atoms with van der Waals surface area (Å²) in [6.07, 6.45) is 4.71. The average Bonchev–Trinajstić information content (AvgIpc) is 3.92. The first kappa shape index (κ1) is 36.5. The summed E-state index contributed by atoms with van der Waals surface area (Å²) in [5.41, 5.74) is 18.9. The molecule has 0 bridgehead atoms. The van der Waals surface area contributed by atoms with E-state index >= 15 is 0 Å². The minimum Gasteiger partial charge on any atom is -0.309 e. The number of fused-ring (bicyclic) bond motifs is 12. The molecule has 3 aliphatic carbocycles. The molecule has 0 atom stereocenters. The van der Waals surface area contributed by atoms with Crippen LogP contribution in [0.25, 0.3) is 77.5 Å². The van der Waals surface area contributed by atoms with E-state index in [9.17, 15) is 0 Å². The fourth-order valence-corrected chi connectivity index (χ4v) is 12.5. The van der Waals surface area contributed by atoms with E-state index in [2.05, 4.69) is 243 Å². The van der Waals surface area contributed by atoms with Crippen LogP contribution >= 0.6 is 0 Å². The zero-order chi connectivity index (χ0) is 43.0. The molecular weight excluding hydrogens is 783 g/mol. The second kappa shape index (κ2) is 13.3. The first-order chi connectivity index (χ1) is 32.0. The molecule has 1 spiro atoms. The smallest absolute Gasteiger partial charge is 0.0725 e. The molecule has 0 saturated heterocycles. The molecule has 0 saturated carbocycles. The van der Waals surface area contributed by atoms with Gasteiger partial charge < -0.3 is 4.90 Å². The van der Waals surface area contributed by atoms with Crippen molar-refractivity contribution in [1.82, 2.24) is 0 Å². The fraction of sp³-hybridized carbons (Fsp3) is 0.0625. The van der Waals surface area contributed by atoms with Crippen LogP contribution in [0.3, 0.4) is 0 Å². The van der Waals surface area contributed by atoms with E-state index < -0.39 is 5.41 Å². The number of hydrogen-bond acceptors (Lipinski definition) is 1. The Morgan fingerprint density at radius 2 is 0.877 bits per heavy atom. The van der Waals surface area contributed by atoms with E-state index in [0.29, 0.717) is 0 Å². The van der Waals surface area contributed by atoms with Gasteiger partial charge in [-0.25, -0.2) is 0 Å². The van der Waals surface area contributed by atoms with Gasteiger partial charge in [-0.05, 0) is 129 Å². The van der Waals surface area contributed by atoms with Crippen molar-refractivity contribution >= 4 is 72.3 Å². The minimum absolute atomic E-state index is 0.0699. The molecule has 0 unspecified atom stereocenters. The zero-order valence-corrected chi connectivity index (χ0v) is 36.3. The lowest BCUT2D eigenvalue weighted by Crippen LogP contribution is -2.25. The molecule has 65 heavy (non-hydrogen) atoms. The summed E-state index contributed by atoms with van der Waals surface area (Å²) in [6, 6.07) is 79.6. The highest BCUT2D eigenvalue weighted by molar-refractivity contribution is 6.20. The molecule has 1 nitrogen and oxygen atoms in total. The number of para-hydroxylation sites is 1. The molecule has 0 heterocycles. The second-order valence-electron chi connectivity index (χ2n) is 18.7. The van der Waals surface area contributed by atoms with Gasteiger partial charge in [0.15, 0.2) is 0 Å². The highest BCUT2D eigenvalue weighted by atomic mass is 15.1. The third kappa shape index (κ3) is 4.82. The van der Waals surface area contributed by atoms with Gasteiger partial charge in [-0.3, -0.25) is 0 Å². The van der Waals surface area contributed by atoms with Gasteiger partial charge in [-0.15, -0.1) is 0 Å². The second-order valence-corrected chi connectivity index (χ2v) is 18.7. The minimum atomic E-state index is -0.391. The van der Waals surface area contributed by atoms with Crippen molar-refractivity contribution in [1.29, 1.82) is 0 Å². The molecule has 0 fully saturated rings. The average molecular weight is 826 g/mol. The first-order valence-electron chi connectivity index (χ1n) is 22.9. The summed E-state index contributed by atoms with van der Waals surface area (Å²) in [5, 5.41) is 10.3. The van der Waals surface area contributed by atoms with Crippen molar-refractivity contribution in [3.63, 3.8) is 0 Å². The molecule has 304 valence electrons. The van der Waals surface area contributed by atoms with Crippen LogP contribution in [0.15, 0.2) is 212 Å². The van der Waals surface area contributed by atoms with Crippen LogP contribution in [0.4, 0.5) is 17.1 Å². The van der Waals surface area contributed by atoms with E-state index in [4.69, 9.17) is 0 Å². The van der Waals surface area contributed by atoms with E-state index in [0.717, 1.165) is 11.4 Å². The van der Waals surface area contributed by atoms with Crippen LogP contribution < -0.4 is 4.90 Å². The van der Waals surface area contributed by atoms with Crippen LogP contribution in [-0.4, -0.2) is 0 Å². The van der Waals surface area contributed by atoms with E-state index in [1.165, 1.54) is 116 Å². The molecule has 11 aromatic carbocycles. The number of rotatable bonds is 5. The third-order valence-corrected chi connectivity index (χ3v) is 15.2. The van der Waals surface area contributed by atoms with Gasteiger partial charge in [0.25, 0.3) is 0 Å².